The molecule has 1 heterocycles. The van der Waals surface area contributed by atoms with Crippen molar-refractivity contribution in [1.29, 1.82) is 5.26 Å². The van der Waals surface area contributed by atoms with Gasteiger partial charge in [-0.25, -0.2) is 4.98 Å². The molecule has 0 aliphatic heterocycles. The van der Waals surface area contributed by atoms with Crippen LogP contribution in [0.1, 0.15) is 16.1 Å². The average Bonchev–Trinajstić information content (AvgIpc) is 2.74. The van der Waals surface area contributed by atoms with E-state index >= 15 is 0 Å². The Balaban J connectivity index is 2.24. The molecule has 2 aromatic rings. The van der Waals surface area contributed by atoms with Gasteiger partial charge < -0.3 is 4.90 Å². The Morgan fingerprint density at radius 2 is 2.22 bits per heavy atom. The molecule has 0 saturated carbocycles. The first kappa shape index (κ1) is 13.1. The first-order chi connectivity index (χ1) is 8.60. The van der Waals surface area contributed by atoms with Crippen LogP contribution in [-0.2, 0) is 6.54 Å². The van der Waals surface area contributed by atoms with Crippen molar-refractivity contribution in [3.8, 4) is 6.07 Å². The summed E-state index contributed by atoms with van der Waals surface area (Å²) in [6.07, 6.45) is 0. The second-order valence-electron chi connectivity index (χ2n) is 4.03. The number of anilines is 1. The van der Waals surface area contributed by atoms with Gasteiger partial charge in [-0.05, 0) is 25.1 Å². The van der Waals surface area contributed by atoms with Crippen LogP contribution in [-0.4, -0.2) is 12.0 Å². The van der Waals surface area contributed by atoms with Crippen LogP contribution >= 0.6 is 27.3 Å². The van der Waals surface area contributed by atoms with E-state index in [0.29, 0.717) is 5.56 Å². The number of halogens is 1. The molecule has 0 bridgehead atoms. The van der Waals surface area contributed by atoms with Gasteiger partial charge in [0.25, 0.3) is 0 Å². The zero-order valence-corrected chi connectivity index (χ0v) is 12.5. The molecule has 2 rings (SSSR count). The SMILES string of the molecule is Cc1ncsc1CN(C)c1cc(Br)cc(C#N)c1. The molecule has 0 atom stereocenters. The molecule has 1 aromatic carbocycles. The molecule has 0 amide bonds. The Morgan fingerprint density at radius 3 is 2.83 bits per heavy atom. The summed E-state index contributed by atoms with van der Waals surface area (Å²) in [5.74, 6) is 0. The number of aromatic nitrogens is 1. The molecule has 1 aromatic heterocycles. The Labute approximate surface area is 119 Å². The predicted molar refractivity (Wildman–Crippen MR) is 77.8 cm³/mol. The Bertz CT molecular complexity index is 601. The van der Waals surface area contributed by atoms with Crippen molar-refractivity contribution in [3.05, 3.63) is 44.3 Å². The molecule has 0 saturated heterocycles. The number of nitriles is 1. The number of nitrogens with zero attached hydrogens (tertiary/aromatic N) is 3. The second-order valence-corrected chi connectivity index (χ2v) is 5.88. The molecule has 92 valence electrons. The maximum Gasteiger partial charge on any atom is 0.0992 e. The molecular weight excluding hydrogens is 310 g/mol. The van der Waals surface area contributed by atoms with Gasteiger partial charge in [-0.2, -0.15) is 5.26 Å². The minimum Gasteiger partial charge on any atom is -0.369 e. The summed E-state index contributed by atoms with van der Waals surface area (Å²) in [7, 11) is 2.02. The first-order valence-electron chi connectivity index (χ1n) is 5.41. The highest BCUT2D eigenvalue weighted by Crippen LogP contribution is 2.24. The fourth-order valence-electron chi connectivity index (χ4n) is 1.64. The van der Waals surface area contributed by atoms with Crippen LogP contribution < -0.4 is 4.90 Å². The van der Waals surface area contributed by atoms with Crippen molar-refractivity contribution in [3.63, 3.8) is 0 Å². The quantitative estimate of drug-likeness (QED) is 0.864. The number of thiazole rings is 1. The van der Waals surface area contributed by atoms with E-state index in [2.05, 4.69) is 31.9 Å². The van der Waals surface area contributed by atoms with Crippen molar-refractivity contribution in [2.24, 2.45) is 0 Å². The van der Waals surface area contributed by atoms with Crippen LogP contribution in [0.2, 0.25) is 0 Å². The molecule has 3 nitrogen and oxygen atoms in total. The summed E-state index contributed by atoms with van der Waals surface area (Å²) in [6.45, 7) is 2.82. The van der Waals surface area contributed by atoms with E-state index in [4.69, 9.17) is 5.26 Å². The van der Waals surface area contributed by atoms with Crippen LogP contribution in [0.3, 0.4) is 0 Å². The molecule has 18 heavy (non-hydrogen) atoms. The Hall–Kier alpha value is -1.38. The van der Waals surface area contributed by atoms with Crippen LogP contribution in [0, 0.1) is 18.3 Å². The summed E-state index contributed by atoms with van der Waals surface area (Å²) in [5, 5.41) is 8.97. The lowest BCUT2D eigenvalue weighted by molar-refractivity contribution is 0.925. The molecule has 0 radical (unpaired) electrons. The summed E-state index contributed by atoms with van der Waals surface area (Å²) >= 11 is 5.08. The topological polar surface area (TPSA) is 39.9 Å². The van der Waals surface area contributed by atoms with Gasteiger partial charge in [0.1, 0.15) is 0 Å². The molecular formula is C13H12BrN3S. The molecule has 0 aliphatic rings. The highest BCUT2D eigenvalue weighted by atomic mass is 79.9. The standard InChI is InChI=1S/C13H12BrN3S/c1-9-13(18-8-16-9)7-17(2)12-4-10(6-15)3-11(14)5-12/h3-5,8H,7H2,1-2H3. The highest BCUT2D eigenvalue weighted by molar-refractivity contribution is 9.10. The summed E-state index contributed by atoms with van der Waals surface area (Å²) in [4.78, 5) is 7.61. The highest BCUT2D eigenvalue weighted by Gasteiger charge is 2.08. The van der Waals surface area contributed by atoms with Crippen molar-refractivity contribution in [2.75, 3.05) is 11.9 Å². The molecule has 0 aliphatic carbocycles. The summed E-state index contributed by atoms with van der Waals surface area (Å²) in [5.41, 5.74) is 4.61. The smallest absolute Gasteiger partial charge is 0.0992 e. The molecule has 0 N–H and O–H groups in total. The lowest BCUT2D eigenvalue weighted by Gasteiger charge is -2.19. The lowest BCUT2D eigenvalue weighted by Crippen LogP contribution is -2.16. The fraction of sp³-hybridized carbons (Fsp3) is 0.231. The van der Waals surface area contributed by atoms with Crippen molar-refractivity contribution < 1.29 is 0 Å². The van der Waals surface area contributed by atoms with E-state index in [1.54, 1.807) is 11.3 Å². The number of rotatable bonds is 3. The van der Waals surface area contributed by atoms with Gasteiger partial charge in [-0.3, -0.25) is 0 Å². The molecule has 0 spiro atoms. The van der Waals surface area contributed by atoms with Crippen LogP contribution in [0.15, 0.2) is 28.2 Å². The van der Waals surface area contributed by atoms with E-state index in [-0.39, 0.29) is 0 Å². The van der Waals surface area contributed by atoms with E-state index < -0.39 is 0 Å². The van der Waals surface area contributed by atoms with Gasteiger partial charge in [0.15, 0.2) is 0 Å². The van der Waals surface area contributed by atoms with Gasteiger partial charge in [-0.15, -0.1) is 11.3 Å². The lowest BCUT2D eigenvalue weighted by atomic mass is 10.2. The van der Waals surface area contributed by atoms with Crippen molar-refractivity contribution >= 4 is 33.0 Å². The molecule has 0 unspecified atom stereocenters. The van der Waals surface area contributed by atoms with Crippen LogP contribution in [0.4, 0.5) is 5.69 Å². The third kappa shape index (κ3) is 2.89. The van der Waals surface area contributed by atoms with Gasteiger partial charge in [-0.1, -0.05) is 15.9 Å². The third-order valence-corrected chi connectivity index (χ3v) is 4.06. The number of benzene rings is 1. The average molecular weight is 322 g/mol. The monoisotopic (exact) mass is 321 g/mol. The van der Waals surface area contributed by atoms with Crippen LogP contribution in [0.5, 0.6) is 0 Å². The van der Waals surface area contributed by atoms with Crippen molar-refractivity contribution in [2.45, 2.75) is 13.5 Å². The van der Waals surface area contributed by atoms with Gasteiger partial charge in [0.2, 0.25) is 0 Å². The normalized spacial score (nSPS) is 10.1. The van der Waals surface area contributed by atoms with Gasteiger partial charge in [0, 0.05) is 22.1 Å². The summed E-state index contributed by atoms with van der Waals surface area (Å²) < 4.78 is 0.921. The van der Waals surface area contributed by atoms with E-state index in [1.807, 2.05) is 37.7 Å². The maximum absolute atomic E-state index is 8.97. The van der Waals surface area contributed by atoms with E-state index in [0.717, 1.165) is 22.4 Å². The second kappa shape index (κ2) is 5.51. The zero-order chi connectivity index (χ0) is 13.1. The Morgan fingerprint density at radius 1 is 1.44 bits per heavy atom. The van der Waals surface area contributed by atoms with Crippen molar-refractivity contribution in [1.82, 2.24) is 4.98 Å². The molecule has 5 heteroatoms. The van der Waals surface area contributed by atoms with E-state index in [1.165, 1.54) is 4.88 Å². The Kier molecular flexibility index (Phi) is 4.00. The summed E-state index contributed by atoms with van der Waals surface area (Å²) in [6, 6.07) is 7.88. The van der Waals surface area contributed by atoms with Gasteiger partial charge >= 0.3 is 0 Å². The predicted octanol–water partition coefficient (Wildman–Crippen LogP) is 3.72. The minimum atomic E-state index is 0.659. The first-order valence-corrected chi connectivity index (χ1v) is 7.08. The minimum absolute atomic E-state index is 0.659. The fourth-order valence-corrected chi connectivity index (χ4v) is 2.95. The number of aryl methyl sites for hydroxylation is 1. The largest absolute Gasteiger partial charge is 0.369 e. The zero-order valence-electron chi connectivity index (χ0n) is 10.1. The molecule has 0 fully saturated rings. The number of hydrogen-bond donors (Lipinski definition) is 0. The van der Waals surface area contributed by atoms with Gasteiger partial charge in [0.05, 0.1) is 29.4 Å². The van der Waals surface area contributed by atoms with Crippen LogP contribution in [0.25, 0.3) is 0 Å². The third-order valence-electron chi connectivity index (χ3n) is 2.68. The number of hydrogen-bond acceptors (Lipinski definition) is 4. The van der Waals surface area contributed by atoms with E-state index in [9.17, 15) is 0 Å². The maximum atomic E-state index is 8.97.